The summed E-state index contributed by atoms with van der Waals surface area (Å²) in [5.41, 5.74) is 1.98. The topological polar surface area (TPSA) is 12.0 Å². The van der Waals surface area contributed by atoms with Gasteiger partial charge in [-0.1, -0.05) is 20.3 Å². The molecule has 1 N–H and O–H groups in total. The highest BCUT2D eigenvalue weighted by Gasteiger charge is 2.09. The smallest absolute Gasteiger partial charge is 0.137 e. The second kappa shape index (κ2) is 6.24. The maximum absolute atomic E-state index is 13.3. The Labute approximate surface area is 106 Å². The molecular weight excluding hydrogens is 269 g/mol. The molecule has 0 aliphatic carbocycles. The van der Waals surface area contributed by atoms with Crippen LogP contribution in [-0.4, -0.2) is 6.04 Å². The number of halogens is 2. The van der Waals surface area contributed by atoms with Crippen molar-refractivity contribution in [2.75, 3.05) is 5.32 Å². The molecule has 0 fully saturated rings. The lowest BCUT2D eigenvalue weighted by atomic mass is 10.1. The first-order valence-electron chi connectivity index (χ1n) is 5.80. The lowest BCUT2D eigenvalue weighted by Crippen LogP contribution is -2.18. The van der Waals surface area contributed by atoms with Crippen molar-refractivity contribution in [2.45, 2.75) is 46.1 Å². The molecule has 0 saturated carbocycles. The average Bonchev–Trinajstić information content (AvgIpc) is 2.25. The van der Waals surface area contributed by atoms with Crippen molar-refractivity contribution in [1.82, 2.24) is 0 Å². The lowest BCUT2D eigenvalue weighted by molar-refractivity contribution is 0.614. The predicted molar refractivity (Wildman–Crippen MR) is 71.4 cm³/mol. The van der Waals surface area contributed by atoms with Crippen molar-refractivity contribution in [1.29, 1.82) is 0 Å². The molecule has 0 aliphatic rings. The third-order valence-electron chi connectivity index (χ3n) is 2.76. The van der Waals surface area contributed by atoms with Gasteiger partial charge in [0, 0.05) is 11.7 Å². The van der Waals surface area contributed by atoms with E-state index in [4.69, 9.17) is 0 Å². The highest BCUT2D eigenvalue weighted by atomic mass is 79.9. The van der Waals surface area contributed by atoms with Gasteiger partial charge in [-0.05, 0) is 53.4 Å². The van der Waals surface area contributed by atoms with Gasteiger partial charge in [-0.2, -0.15) is 0 Å². The summed E-state index contributed by atoms with van der Waals surface area (Å²) in [5.74, 6) is -0.202. The van der Waals surface area contributed by atoms with Gasteiger partial charge in [0.2, 0.25) is 0 Å². The number of nitrogens with one attached hydrogen (secondary N) is 1. The summed E-state index contributed by atoms with van der Waals surface area (Å²) in [6, 6.07) is 3.86. The third-order valence-corrected chi connectivity index (χ3v) is 3.36. The maximum Gasteiger partial charge on any atom is 0.137 e. The van der Waals surface area contributed by atoms with Gasteiger partial charge in [-0.25, -0.2) is 4.39 Å². The van der Waals surface area contributed by atoms with E-state index < -0.39 is 0 Å². The molecule has 1 aromatic carbocycles. The fraction of sp³-hybridized carbons (Fsp3) is 0.538. The SMILES string of the molecule is CCCC(CC)Nc1cc(Br)c(F)cc1C. The molecule has 0 saturated heterocycles. The molecule has 90 valence electrons. The minimum atomic E-state index is -0.202. The number of hydrogen-bond acceptors (Lipinski definition) is 1. The second-order valence-electron chi connectivity index (χ2n) is 4.12. The number of hydrogen-bond donors (Lipinski definition) is 1. The van der Waals surface area contributed by atoms with Crippen LogP contribution in [0.5, 0.6) is 0 Å². The quantitative estimate of drug-likeness (QED) is 0.813. The predicted octanol–water partition coefficient (Wildman–Crippen LogP) is 4.89. The lowest BCUT2D eigenvalue weighted by Gasteiger charge is -2.19. The Morgan fingerprint density at radius 3 is 2.62 bits per heavy atom. The van der Waals surface area contributed by atoms with Crippen LogP contribution in [0.4, 0.5) is 10.1 Å². The zero-order chi connectivity index (χ0) is 12.1. The average molecular weight is 288 g/mol. The Balaban J connectivity index is 2.83. The molecule has 0 bridgehead atoms. The fourth-order valence-electron chi connectivity index (χ4n) is 1.75. The molecule has 0 amide bonds. The molecule has 1 unspecified atom stereocenters. The van der Waals surface area contributed by atoms with Crippen LogP contribution in [-0.2, 0) is 0 Å². The van der Waals surface area contributed by atoms with E-state index in [-0.39, 0.29) is 5.82 Å². The van der Waals surface area contributed by atoms with E-state index in [0.717, 1.165) is 30.5 Å². The van der Waals surface area contributed by atoms with Crippen LogP contribution >= 0.6 is 15.9 Å². The van der Waals surface area contributed by atoms with E-state index in [2.05, 4.69) is 35.1 Å². The van der Waals surface area contributed by atoms with Gasteiger partial charge < -0.3 is 5.32 Å². The summed E-state index contributed by atoms with van der Waals surface area (Å²) < 4.78 is 13.8. The van der Waals surface area contributed by atoms with Crippen molar-refractivity contribution in [3.8, 4) is 0 Å². The van der Waals surface area contributed by atoms with Crippen LogP contribution in [0.2, 0.25) is 0 Å². The van der Waals surface area contributed by atoms with Crippen molar-refractivity contribution >= 4 is 21.6 Å². The monoisotopic (exact) mass is 287 g/mol. The molecule has 0 aromatic heterocycles. The molecule has 1 nitrogen and oxygen atoms in total. The summed E-state index contributed by atoms with van der Waals surface area (Å²) in [5, 5.41) is 3.47. The summed E-state index contributed by atoms with van der Waals surface area (Å²) in [6.45, 7) is 6.27. The van der Waals surface area contributed by atoms with Crippen LogP contribution in [0.15, 0.2) is 16.6 Å². The molecule has 1 rings (SSSR count). The molecule has 0 spiro atoms. The summed E-state index contributed by atoms with van der Waals surface area (Å²) in [6.07, 6.45) is 3.39. The molecule has 0 radical (unpaired) electrons. The minimum Gasteiger partial charge on any atom is -0.382 e. The Hall–Kier alpha value is -0.570. The van der Waals surface area contributed by atoms with Crippen molar-refractivity contribution in [2.24, 2.45) is 0 Å². The van der Waals surface area contributed by atoms with Gasteiger partial charge in [-0.15, -0.1) is 0 Å². The van der Waals surface area contributed by atoms with E-state index in [1.54, 1.807) is 6.07 Å². The minimum absolute atomic E-state index is 0.202. The Morgan fingerprint density at radius 2 is 2.06 bits per heavy atom. The van der Waals surface area contributed by atoms with E-state index >= 15 is 0 Å². The van der Waals surface area contributed by atoms with Crippen LogP contribution < -0.4 is 5.32 Å². The molecule has 16 heavy (non-hydrogen) atoms. The highest BCUT2D eigenvalue weighted by molar-refractivity contribution is 9.10. The van der Waals surface area contributed by atoms with Gasteiger partial charge in [0.25, 0.3) is 0 Å². The van der Waals surface area contributed by atoms with Crippen LogP contribution in [0.25, 0.3) is 0 Å². The highest BCUT2D eigenvalue weighted by Crippen LogP contribution is 2.25. The Morgan fingerprint density at radius 1 is 1.38 bits per heavy atom. The first-order chi connectivity index (χ1) is 7.58. The number of benzene rings is 1. The van der Waals surface area contributed by atoms with Crippen molar-refractivity contribution in [3.63, 3.8) is 0 Å². The van der Waals surface area contributed by atoms with Gasteiger partial charge in [-0.3, -0.25) is 0 Å². The normalized spacial score (nSPS) is 12.6. The molecule has 1 aromatic rings. The van der Waals surface area contributed by atoms with E-state index in [0.29, 0.717) is 10.5 Å². The first-order valence-corrected chi connectivity index (χ1v) is 6.60. The Bertz CT molecular complexity index is 352. The number of anilines is 1. The van der Waals surface area contributed by atoms with Crippen LogP contribution in [0.1, 0.15) is 38.7 Å². The van der Waals surface area contributed by atoms with Gasteiger partial charge in [0.15, 0.2) is 0 Å². The maximum atomic E-state index is 13.3. The zero-order valence-electron chi connectivity index (χ0n) is 10.1. The standard InChI is InChI=1S/C13H19BrFN/c1-4-6-10(5-2)16-13-8-11(14)12(15)7-9(13)3/h7-8,10,16H,4-6H2,1-3H3. The van der Waals surface area contributed by atoms with E-state index in [9.17, 15) is 4.39 Å². The summed E-state index contributed by atoms with van der Waals surface area (Å²) in [4.78, 5) is 0. The Kier molecular flexibility index (Phi) is 5.26. The van der Waals surface area contributed by atoms with Gasteiger partial charge >= 0.3 is 0 Å². The zero-order valence-corrected chi connectivity index (χ0v) is 11.7. The van der Waals surface area contributed by atoms with Crippen molar-refractivity contribution < 1.29 is 4.39 Å². The second-order valence-corrected chi connectivity index (χ2v) is 4.97. The molecular formula is C13H19BrFN. The summed E-state index contributed by atoms with van der Waals surface area (Å²) in [7, 11) is 0. The first kappa shape index (κ1) is 13.5. The molecule has 3 heteroatoms. The number of aryl methyl sites for hydroxylation is 1. The fourth-order valence-corrected chi connectivity index (χ4v) is 2.09. The van der Waals surface area contributed by atoms with Gasteiger partial charge in [0.05, 0.1) is 4.47 Å². The largest absolute Gasteiger partial charge is 0.382 e. The molecule has 1 atom stereocenters. The number of rotatable bonds is 5. The van der Waals surface area contributed by atoms with Gasteiger partial charge in [0.1, 0.15) is 5.82 Å². The van der Waals surface area contributed by atoms with Crippen LogP contribution in [0.3, 0.4) is 0 Å². The molecule has 0 aliphatic heterocycles. The van der Waals surface area contributed by atoms with Crippen LogP contribution in [0, 0.1) is 12.7 Å². The molecule has 0 heterocycles. The van der Waals surface area contributed by atoms with Crippen molar-refractivity contribution in [3.05, 3.63) is 28.0 Å². The summed E-state index contributed by atoms with van der Waals surface area (Å²) >= 11 is 3.22. The van der Waals surface area contributed by atoms with E-state index in [1.807, 2.05) is 13.0 Å². The third kappa shape index (κ3) is 3.48. The van der Waals surface area contributed by atoms with E-state index in [1.165, 1.54) is 0 Å².